The van der Waals surface area contributed by atoms with Crippen LogP contribution >= 0.6 is 0 Å². The molecule has 0 spiro atoms. The molecule has 1 aromatic carbocycles. The standard InChI is InChI=1S/C29H49NO5/c1-11-25(4,5)19-28(9,24(33)34-18-17-31)29(10,30)26(6,7)20-27(8,21(2)3)23(32)35-22-15-13-12-14-16-22/h12-16,21,31H,11,17-20,30H2,1-10H3. The van der Waals surface area contributed by atoms with Gasteiger partial charge in [-0.1, -0.05) is 73.1 Å². The number of rotatable bonds is 13. The van der Waals surface area contributed by atoms with E-state index < -0.39 is 27.8 Å². The number of carbonyl (C=O) groups excluding carboxylic acids is 2. The van der Waals surface area contributed by atoms with Crippen LogP contribution in [0.15, 0.2) is 30.3 Å². The quantitative estimate of drug-likeness (QED) is 0.269. The second-order valence-electron chi connectivity index (χ2n) is 12.4. The first-order chi connectivity index (χ1) is 15.9. The molecule has 3 unspecified atom stereocenters. The van der Waals surface area contributed by atoms with Gasteiger partial charge in [0.2, 0.25) is 0 Å². The summed E-state index contributed by atoms with van der Waals surface area (Å²) in [5.74, 6) is -0.279. The normalized spacial score (nSPS) is 17.7. The molecule has 3 N–H and O–H groups in total. The Labute approximate surface area is 213 Å². The van der Waals surface area contributed by atoms with Crippen molar-refractivity contribution in [2.24, 2.45) is 33.3 Å². The number of aliphatic hydroxyl groups excluding tert-OH is 1. The zero-order valence-corrected chi connectivity index (χ0v) is 23.7. The van der Waals surface area contributed by atoms with E-state index in [-0.39, 0.29) is 30.5 Å². The number of ether oxygens (including phenoxy) is 2. The average Bonchev–Trinajstić information content (AvgIpc) is 2.76. The highest BCUT2D eigenvalue weighted by Gasteiger charge is 2.60. The first kappa shape index (κ1) is 31.1. The predicted octanol–water partition coefficient (Wildman–Crippen LogP) is 5.76. The second kappa shape index (κ2) is 11.4. The van der Waals surface area contributed by atoms with Gasteiger partial charge in [0, 0.05) is 5.54 Å². The number of hydrogen-bond acceptors (Lipinski definition) is 6. The molecular weight excluding hydrogens is 442 g/mol. The molecule has 1 rings (SSSR count). The monoisotopic (exact) mass is 491 g/mol. The third-order valence-electron chi connectivity index (χ3n) is 8.62. The van der Waals surface area contributed by atoms with Crippen molar-refractivity contribution in [3.05, 3.63) is 30.3 Å². The van der Waals surface area contributed by atoms with Gasteiger partial charge in [-0.15, -0.1) is 0 Å². The van der Waals surface area contributed by atoms with Crippen molar-refractivity contribution in [3.63, 3.8) is 0 Å². The van der Waals surface area contributed by atoms with Crippen molar-refractivity contribution in [3.8, 4) is 5.75 Å². The minimum Gasteiger partial charge on any atom is -0.463 e. The summed E-state index contributed by atoms with van der Waals surface area (Å²) in [7, 11) is 0. The largest absolute Gasteiger partial charge is 0.463 e. The fourth-order valence-electron chi connectivity index (χ4n) is 4.92. The van der Waals surface area contributed by atoms with E-state index in [9.17, 15) is 14.7 Å². The molecule has 0 amide bonds. The topological polar surface area (TPSA) is 98.9 Å². The molecule has 0 radical (unpaired) electrons. The molecule has 6 nitrogen and oxygen atoms in total. The number of nitrogens with two attached hydrogens (primary N) is 1. The van der Waals surface area contributed by atoms with Crippen LogP contribution in [0.3, 0.4) is 0 Å². The number of esters is 2. The molecule has 0 aliphatic heterocycles. The number of hydrogen-bond donors (Lipinski definition) is 2. The Morgan fingerprint density at radius 3 is 1.94 bits per heavy atom. The van der Waals surface area contributed by atoms with E-state index in [1.165, 1.54) is 0 Å². The molecule has 0 fully saturated rings. The van der Waals surface area contributed by atoms with E-state index in [0.29, 0.717) is 18.6 Å². The minimum absolute atomic E-state index is 0.0338. The van der Waals surface area contributed by atoms with Gasteiger partial charge in [-0.05, 0) is 62.5 Å². The average molecular weight is 492 g/mol. The first-order valence-electron chi connectivity index (χ1n) is 12.7. The number of para-hydroxylation sites is 1. The van der Waals surface area contributed by atoms with Crippen molar-refractivity contribution in [1.82, 2.24) is 0 Å². The second-order valence-corrected chi connectivity index (χ2v) is 12.4. The van der Waals surface area contributed by atoms with Crippen molar-refractivity contribution >= 4 is 11.9 Å². The van der Waals surface area contributed by atoms with Crippen LogP contribution in [0.25, 0.3) is 0 Å². The summed E-state index contributed by atoms with van der Waals surface area (Å²) in [6.07, 6.45) is 1.77. The number of benzene rings is 1. The molecule has 0 aliphatic rings. The molecule has 0 saturated carbocycles. The Hall–Kier alpha value is -1.92. The summed E-state index contributed by atoms with van der Waals surface area (Å²) >= 11 is 0. The maximum absolute atomic E-state index is 13.5. The van der Waals surface area contributed by atoms with Crippen LogP contribution in [0.5, 0.6) is 5.75 Å². The summed E-state index contributed by atoms with van der Waals surface area (Å²) in [6.45, 7) is 19.7. The SMILES string of the molecule is CCC(C)(C)CC(C)(C(=O)OCCO)C(C)(N)C(C)(C)CC(C)(C(=O)Oc1ccccc1)C(C)C. The Morgan fingerprint density at radius 2 is 1.49 bits per heavy atom. The molecule has 35 heavy (non-hydrogen) atoms. The van der Waals surface area contributed by atoms with Crippen LogP contribution in [0.1, 0.15) is 88.5 Å². The fraction of sp³-hybridized carbons (Fsp3) is 0.724. The van der Waals surface area contributed by atoms with Crippen molar-refractivity contribution < 1.29 is 24.2 Å². The summed E-state index contributed by atoms with van der Waals surface area (Å²) in [5.41, 5.74) is 3.35. The predicted molar refractivity (Wildman–Crippen MR) is 141 cm³/mol. The summed E-state index contributed by atoms with van der Waals surface area (Å²) in [4.78, 5) is 27.0. The van der Waals surface area contributed by atoms with E-state index in [0.717, 1.165) is 6.42 Å². The minimum atomic E-state index is -1.06. The van der Waals surface area contributed by atoms with Crippen molar-refractivity contribution in [2.45, 2.75) is 94.0 Å². The smallest absolute Gasteiger partial charge is 0.317 e. The molecule has 6 heteroatoms. The van der Waals surface area contributed by atoms with Gasteiger partial charge >= 0.3 is 11.9 Å². The van der Waals surface area contributed by atoms with Gasteiger partial charge < -0.3 is 20.3 Å². The highest BCUT2D eigenvalue weighted by molar-refractivity contribution is 5.80. The van der Waals surface area contributed by atoms with Gasteiger partial charge in [0.25, 0.3) is 0 Å². The Morgan fingerprint density at radius 1 is 0.943 bits per heavy atom. The molecule has 3 atom stereocenters. The molecule has 0 bridgehead atoms. The van der Waals surface area contributed by atoms with Crippen LogP contribution in [0, 0.1) is 27.6 Å². The van der Waals surface area contributed by atoms with Crippen molar-refractivity contribution in [1.29, 1.82) is 0 Å². The highest BCUT2D eigenvalue weighted by atomic mass is 16.5. The summed E-state index contributed by atoms with van der Waals surface area (Å²) < 4.78 is 11.3. The van der Waals surface area contributed by atoms with Gasteiger partial charge in [-0.2, -0.15) is 0 Å². The molecule has 1 aromatic rings. The van der Waals surface area contributed by atoms with Crippen LogP contribution in [0.2, 0.25) is 0 Å². The molecule has 0 heterocycles. The lowest BCUT2D eigenvalue weighted by molar-refractivity contribution is -0.169. The maximum atomic E-state index is 13.5. The number of aliphatic hydroxyl groups is 1. The van der Waals surface area contributed by atoms with Gasteiger partial charge in [-0.25, -0.2) is 0 Å². The lowest BCUT2D eigenvalue weighted by Gasteiger charge is -2.55. The zero-order chi connectivity index (χ0) is 27.3. The first-order valence-corrected chi connectivity index (χ1v) is 12.7. The lowest BCUT2D eigenvalue weighted by Crippen LogP contribution is -2.66. The Kier molecular flexibility index (Phi) is 10.2. The lowest BCUT2D eigenvalue weighted by atomic mass is 9.51. The summed E-state index contributed by atoms with van der Waals surface area (Å²) in [6, 6.07) is 9.05. The molecule has 0 aliphatic carbocycles. The maximum Gasteiger partial charge on any atom is 0.317 e. The summed E-state index contributed by atoms with van der Waals surface area (Å²) in [5, 5.41) is 9.26. The third kappa shape index (κ3) is 6.85. The van der Waals surface area contributed by atoms with Gasteiger partial charge in [0.1, 0.15) is 12.4 Å². The van der Waals surface area contributed by atoms with Crippen LogP contribution in [-0.2, 0) is 14.3 Å². The fourth-order valence-corrected chi connectivity index (χ4v) is 4.92. The van der Waals surface area contributed by atoms with E-state index in [4.69, 9.17) is 15.2 Å². The Balaban J connectivity index is 3.46. The molecule has 200 valence electrons. The van der Waals surface area contributed by atoms with Gasteiger partial charge in [0.05, 0.1) is 17.4 Å². The van der Waals surface area contributed by atoms with Crippen LogP contribution < -0.4 is 10.5 Å². The van der Waals surface area contributed by atoms with E-state index in [1.807, 2.05) is 66.7 Å². The molecule has 0 aromatic heterocycles. The molecule has 0 saturated heterocycles. The van der Waals surface area contributed by atoms with Gasteiger partial charge in [0.15, 0.2) is 0 Å². The zero-order valence-electron chi connectivity index (χ0n) is 23.7. The van der Waals surface area contributed by atoms with E-state index >= 15 is 0 Å². The highest BCUT2D eigenvalue weighted by Crippen LogP contribution is 2.54. The van der Waals surface area contributed by atoms with Crippen LogP contribution in [-0.4, -0.2) is 35.8 Å². The molecular formula is C29H49NO5. The van der Waals surface area contributed by atoms with E-state index in [2.05, 4.69) is 20.8 Å². The third-order valence-corrected chi connectivity index (χ3v) is 8.62. The van der Waals surface area contributed by atoms with Gasteiger partial charge in [-0.3, -0.25) is 9.59 Å². The van der Waals surface area contributed by atoms with Crippen LogP contribution in [0.4, 0.5) is 0 Å². The van der Waals surface area contributed by atoms with E-state index in [1.54, 1.807) is 12.1 Å². The Bertz CT molecular complexity index is 846. The van der Waals surface area contributed by atoms with Crippen molar-refractivity contribution in [2.75, 3.05) is 13.2 Å². The number of carbonyl (C=O) groups is 2.